The van der Waals surface area contributed by atoms with Gasteiger partial charge in [0.1, 0.15) is 9.88 Å². The summed E-state index contributed by atoms with van der Waals surface area (Å²) in [6, 6.07) is 9.96. The average Bonchev–Trinajstić information content (AvgIpc) is 3.13. The molecule has 0 bridgehead atoms. The van der Waals surface area contributed by atoms with Gasteiger partial charge >= 0.3 is 0 Å². The molecule has 1 aliphatic heterocycles. The second-order valence-corrected chi connectivity index (χ2v) is 6.93. The van der Waals surface area contributed by atoms with E-state index in [0.29, 0.717) is 18.0 Å². The van der Waals surface area contributed by atoms with Crippen LogP contribution in [0, 0.1) is 0 Å². The van der Waals surface area contributed by atoms with Gasteiger partial charge < -0.3 is 15.4 Å². The fourth-order valence-corrected chi connectivity index (χ4v) is 3.69. The van der Waals surface area contributed by atoms with Gasteiger partial charge in [-0.2, -0.15) is 0 Å². The third-order valence-corrected chi connectivity index (χ3v) is 5.20. The molecule has 128 valence electrons. The number of ether oxygens (including phenoxy) is 1. The largest absolute Gasteiger partial charge is 0.378 e. The van der Waals surface area contributed by atoms with E-state index in [4.69, 9.17) is 10.5 Å². The summed E-state index contributed by atoms with van der Waals surface area (Å²) < 4.78 is 5.79. The molecule has 1 saturated heterocycles. The van der Waals surface area contributed by atoms with Crippen LogP contribution in [0.15, 0.2) is 36.5 Å². The number of aromatic nitrogens is 1. The van der Waals surface area contributed by atoms with Gasteiger partial charge in [-0.3, -0.25) is 4.79 Å². The van der Waals surface area contributed by atoms with Crippen molar-refractivity contribution in [3.63, 3.8) is 0 Å². The monoisotopic (exact) mass is 345 g/mol. The molecular formula is C18H23N3O2S. The molecule has 1 fully saturated rings. The number of nitrogens with zero attached hydrogens (tertiary/aromatic N) is 2. The summed E-state index contributed by atoms with van der Waals surface area (Å²) >= 11 is 1.46. The van der Waals surface area contributed by atoms with Crippen molar-refractivity contribution >= 4 is 17.2 Å². The third kappa shape index (κ3) is 4.20. The molecule has 1 aliphatic rings. The Bertz CT molecular complexity index is 651. The number of hydrogen-bond donors (Lipinski definition) is 1. The van der Waals surface area contributed by atoms with E-state index in [-0.39, 0.29) is 12.0 Å². The van der Waals surface area contributed by atoms with Crippen molar-refractivity contribution in [2.24, 2.45) is 5.73 Å². The van der Waals surface area contributed by atoms with Gasteiger partial charge in [0.2, 0.25) is 0 Å². The molecule has 0 radical (unpaired) electrons. The lowest BCUT2D eigenvalue weighted by Crippen LogP contribution is -2.40. The van der Waals surface area contributed by atoms with Gasteiger partial charge in [-0.25, -0.2) is 4.98 Å². The van der Waals surface area contributed by atoms with Crippen LogP contribution in [0.2, 0.25) is 0 Å². The molecule has 6 heteroatoms. The number of rotatable bonds is 6. The molecule has 0 atom stereocenters. The summed E-state index contributed by atoms with van der Waals surface area (Å²) in [5.41, 5.74) is 6.53. The molecule has 2 aromatic rings. The number of thiazole rings is 1. The van der Waals surface area contributed by atoms with Crippen LogP contribution in [0.1, 0.15) is 28.9 Å². The highest BCUT2D eigenvalue weighted by Gasteiger charge is 2.25. The standard InChI is InChI=1S/C18H23N3O2S/c19-9-4-12-23-15-7-10-21(11-8-15)18(22)16-13-20-17(24-16)14-5-2-1-3-6-14/h1-3,5-6,13,15H,4,7-12,19H2. The summed E-state index contributed by atoms with van der Waals surface area (Å²) in [6.45, 7) is 2.85. The molecule has 24 heavy (non-hydrogen) atoms. The molecule has 3 rings (SSSR count). The van der Waals surface area contributed by atoms with Gasteiger partial charge in [-0.05, 0) is 25.8 Å². The van der Waals surface area contributed by atoms with Crippen molar-refractivity contribution in [1.29, 1.82) is 0 Å². The zero-order chi connectivity index (χ0) is 16.8. The fraction of sp³-hybridized carbons (Fsp3) is 0.444. The van der Waals surface area contributed by atoms with Crippen molar-refractivity contribution in [2.75, 3.05) is 26.2 Å². The van der Waals surface area contributed by atoms with Gasteiger partial charge in [0, 0.05) is 25.3 Å². The molecule has 0 unspecified atom stereocenters. The molecule has 2 heterocycles. The highest BCUT2D eigenvalue weighted by Crippen LogP contribution is 2.26. The van der Waals surface area contributed by atoms with Crippen LogP contribution in [0.25, 0.3) is 10.6 Å². The Morgan fingerprint density at radius 2 is 2.04 bits per heavy atom. The van der Waals surface area contributed by atoms with E-state index in [1.807, 2.05) is 35.2 Å². The van der Waals surface area contributed by atoms with Crippen molar-refractivity contribution in [2.45, 2.75) is 25.4 Å². The lowest BCUT2D eigenvalue weighted by molar-refractivity contribution is 0.00857. The predicted molar refractivity (Wildman–Crippen MR) is 96.1 cm³/mol. The molecule has 1 amide bonds. The number of amides is 1. The maximum Gasteiger partial charge on any atom is 0.265 e. The smallest absolute Gasteiger partial charge is 0.265 e. The number of nitrogens with two attached hydrogens (primary N) is 1. The Morgan fingerprint density at radius 3 is 2.75 bits per heavy atom. The highest BCUT2D eigenvalue weighted by molar-refractivity contribution is 7.16. The molecule has 0 saturated carbocycles. The molecule has 0 spiro atoms. The van der Waals surface area contributed by atoms with Gasteiger partial charge in [-0.15, -0.1) is 11.3 Å². The third-order valence-electron chi connectivity index (χ3n) is 4.17. The Labute approximate surface area is 146 Å². The van der Waals surface area contributed by atoms with E-state index in [1.165, 1.54) is 11.3 Å². The quantitative estimate of drug-likeness (QED) is 0.818. The first-order valence-electron chi connectivity index (χ1n) is 8.40. The zero-order valence-corrected chi connectivity index (χ0v) is 14.5. The minimum absolute atomic E-state index is 0.0788. The van der Waals surface area contributed by atoms with Crippen LogP contribution in [-0.2, 0) is 4.74 Å². The maximum absolute atomic E-state index is 12.7. The Morgan fingerprint density at radius 1 is 1.29 bits per heavy atom. The van der Waals surface area contributed by atoms with Crippen molar-refractivity contribution in [3.05, 3.63) is 41.4 Å². The molecule has 5 nitrogen and oxygen atoms in total. The van der Waals surface area contributed by atoms with E-state index < -0.39 is 0 Å². The first-order valence-corrected chi connectivity index (χ1v) is 9.22. The van der Waals surface area contributed by atoms with Gasteiger partial charge in [0.05, 0.1) is 12.3 Å². The maximum atomic E-state index is 12.7. The van der Waals surface area contributed by atoms with Gasteiger partial charge in [0.15, 0.2) is 0 Å². The van der Waals surface area contributed by atoms with E-state index in [2.05, 4.69) is 4.98 Å². The van der Waals surface area contributed by atoms with E-state index in [0.717, 1.165) is 42.9 Å². The first kappa shape index (κ1) is 17.1. The minimum Gasteiger partial charge on any atom is -0.378 e. The molecule has 1 aromatic carbocycles. The Balaban J connectivity index is 1.55. The lowest BCUT2D eigenvalue weighted by Gasteiger charge is -2.31. The molecular weight excluding hydrogens is 322 g/mol. The topological polar surface area (TPSA) is 68.5 Å². The highest BCUT2D eigenvalue weighted by atomic mass is 32.1. The fourth-order valence-electron chi connectivity index (χ4n) is 2.80. The number of hydrogen-bond acceptors (Lipinski definition) is 5. The van der Waals surface area contributed by atoms with Crippen LogP contribution >= 0.6 is 11.3 Å². The number of carbonyl (C=O) groups excluding carboxylic acids is 1. The van der Waals surface area contributed by atoms with Crippen molar-refractivity contribution < 1.29 is 9.53 Å². The van der Waals surface area contributed by atoms with Crippen LogP contribution < -0.4 is 5.73 Å². The number of carbonyl (C=O) groups is 1. The zero-order valence-electron chi connectivity index (χ0n) is 13.7. The van der Waals surface area contributed by atoms with Crippen LogP contribution in [-0.4, -0.2) is 48.1 Å². The summed E-state index contributed by atoms with van der Waals surface area (Å²) in [7, 11) is 0. The number of piperidine rings is 1. The minimum atomic E-state index is 0.0788. The summed E-state index contributed by atoms with van der Waals surface area (Å²) in [4.78, 5) is 19.7. The SMILES string of the molecule is NCCCOC1CCN(C(=O)c2cnc(-c3ccccc3)s2)CC1. The molecule has 1 aromatic heterocycles. The molecule has 2 N–H and O–H groups in total. The van der Waals surface area contributed by atoms with Crippen LogP contribution in [0.4, 0.5) is 0 Å². The van der Waals surface area contributed by atoms with Gasteiger partial charge in [-0.1, -0.05) is 30.3 Å². The second-order valence-electron chi connectivity index (χ2n) is 5.90. The van der Waals surface area contributed by atoms with E-state index in [9.17, 15) is 4.79 Å². The molecule has 0 aliphatic carbocycles. The van der Waals surface area contributed by atoms with Crippen molar-refractivity contribution in [1.82, 2.24) is 9.88 Å². The van der Waals surface area contributed by atoms with E-state index in [1.54, 1.807) is 6.20 Å². The predicted octanol–water partition coefficient (Wildman–Crippen LogP) is 2.78. The number of likely N-dealkylation sites (tertiary alicyclic amines) is 1. The first-order chi connectivity index (χ1) is 11.8. The summed E-state index contributed by atoms with van der Waals surface area (Å²) in [5.74, 6) is 0.0788. The Hall–Kier alpha value is -1.76. The Kier molecular flexibility index (Phi) is 5.96. The summed E-state index contributed by atoms with van der Waals surface area (Å²) in [5, 5.41) is 0.888. The second kappa shape index (κ2) is 8.37. The average molecular weight is 345 g/mol. The normalized spacial score (nSPS) is 15.6. The van der Waals surface area contributed by atoms with E-state index >= 15 is 0 Å². The number of benzene rings is 1. The van der Waals surface area contributed by atoms with Crippen molar-refractivity contribution in [3.8, 4) is 10.6 Å². The summed E-state index contributed by atoms with van der Waals surface area (Å²) in [6.07, 6.45) is 4.62. The van der Waals surface area contributed by atoms with Crippen LogP contribution in [0.5, 0.6) is 0 Å². The van der Waals surface area contributed by atoms with Gasteiger partial charge in [0.25, 0.3) is 5.91 Å². The van der Waals surface area contributed by atoms with Crippen LogP contribution in [0.3, 0.4) is 0 Å². The lowest BCUT2D eigenvalue weighted by atomic mass is 10.1.